The first kappa shape index (κ1) is 17.7. The molecule has 1 amide bonds. The molecular weight excluding hydrogens is 380 g/mol. The van der Waals surface area contributed by atoms with Gasteiger partial charge in [-0.3, -0.25) is 14.9 Å². The number of nitrogens with zero attached hydrogens (tertiary/aromatic N) is 2. The van der Waals surface area contributed by atoms with E-state index in [4.69, 9.17) is 11.6 Å². The number of halogens is 1. The maximum absolute atomic E-state index is 12.6. The second-order valence-electron chi connectivity index (χ2n) is 6.03. The van der Waals surface area contributed by atoms with Crippen LogP contribution in [0.3, 0.4) is 0 Å². The van der Waals surface area contributed by atoms with E-state index < -0.39 is 10.8 Å². The monoisotopic (exact) mass is 392 g/mol. The molecule has 0 saturated carbocycles. The predicted octanol–water partition coefficient (Wildman–Crippen LogP) is 5.04. The molecule has 1 aromatic heterocycles. The molecule has 0 unspecified atom stereocenters. The number of aromatic amines is 1. The smallest absolute Gasteiger partial charge is 0.288 e. The minimum Gasteiger partial charge on any atom is -0.338 e. The van der Waals surface area contributed by atoms with Gasteiger partial charge in [-0.05, 0) is 36.4 Å². The summed E-state index contributed by atoms with van der Waals surface area (Å²) in [6.45, 7) is 0. The van der Waals surface area contributed by atoms with Gasteiger partial charge in [0, 0.05) is 17.2 Å². The van der Waals surface area contributed by atoms with E-state index in [0.29, 0.717) is 17.1 Å². The Hall–Kier alpha value is -3.71. The fourth-order valence-electron chi connectivity index (χ4n) is 2.87. The SMILES string of the molecule is O=C(Nc1ccccc1-c1nc2ccccc2[nH]1)c1ccc(Cl)c([N+](=O)[O-])c1. The molecule has 0 atom stereocenters. The molecule has 2 N–H and O–H groups in total. The molecule has 0 aliphatic heterocycles. The summed E-state index contributed by atoms with van der Waals surface area (Å²) in [5.74, 6) is 0.127. The number of imidazole rings is 1. The fraction of sp³-hybridized carbons (Fsp3) is 0. The largest absolute Gasteiger partial charge is 0.338 e. The summed E-state index contributed by atoms with van der Waals surface area (Å²) < 4.78 is 0. The highest BCUT2D eigenvalue weighted by molar-refractivity contribution is 6.32. The molecule has 0 saturated heterocycles. The first-order valence-electron chi connectivity index (χ1n) is 8.32. The lowest BCUT2D eigenvalue weighted by molar-refractivity contribution is -0.384. The van der Waals surface area contributed by atoms with Gasteiger partial charge in [0.05, 0.1) is 21.6 Å². The van der Waals surface area contributed by atoms with E-state index in [1.165, 1.54) is 12.1 Å². The average Bonchev–Trinajstić information content (AvgIpc) is 3.12. The number of amides is 1. The van der Waals surface area contributed by atoms with Gasteiger partial charge in [-0.25, -0.2) is 4.98 Å². The standard InChI is InChI=1S/C20H13ClN4O3/c21-14-10-9-12(11-18(14)25(27)28)20(26)24-15-6-2-1-5-13(15)19-22-16-7-3-4-8-17(16)23-19/h1-11H,(H,22,23)(H,24,26). The number of fused-ring (bicyclic) bond motifs is 1. The topological polar surface area (TPSA) is 101 Å². The first-order valence-corrected chi connectivity index (χ1v) is 8.70. The third-order valence-electron chi connectivity index (χ3n) is 4.22. The van der Waals surface area contributed by atoms with Crippen LogP contribution < -0.4 is 5.32 Å². The van der Waals surface area contributed by atoms with Crippen molar-refractivity contribution < 1.29 is 9.72 Å². The number of rotatable bonds is 4. The minimum atomic E-state index is -0.624. The molecule has 0 radical (unpaired) electrons. The van der Waals surface area contributed by atoms with Crippen molar-refractivity contribution in [1.82, 2.24) is 9.97 Å². The van der Waals surface area contributed by atoms with Crippen molar-refractivity contribution in [3.05, 3.63) is 87.4 Å². The summed E-state index contributed by atoms with van der Waals surface area (Å²) in [5.41, 5.74) is 2.74. The Kier molecular flexibility index (Phi) is 4.50. The Morgan fingerprint density at radius 3 is 2.61 bits per heavy atom. The minimum absolute atomic E-state index is 0.0239. The molecule has 1 heterocycles. The molecule has 7 nitrogen and oxygen atoms in total. The number of nitrogens with one attached hydrogen (secondary N) is 2. The zero-order valence-electron chi connectivity index (χ0n) is 14.3. The fourth-order valence-corrected chi connectivity index (χ4v) is 3.05. The number of carbonyl (C=O) groups is 1. The Morgan fingerprint density at radius 1 is 1.07 bits per heavy atom. The van der Waals surface area contributed by atoms with Crippen LogP contribution in [0.1, 0.15) is 10.4 Å². The number of hydrogen-bond acceptors (Lipinski definition) is 4. The van der Waals surface area contributed by atoms with Crippen LogP contribution >= 0.6 is 11.6 Å². The van der Waals surface area contributed by atoms with Crippen molar-refractivity contribution in [2.24, 2.45) is 0 Å². The number of nitro groups is 1. The van der Waals surface area contributed by atoms with E-state index in [0.717, 1.165) is 17.1 Å². The van der Waals surface area contributed by atoms with Crippen LogP contribution in [0.2, 0.25) is 5.02 Å². The lowest BCUT2D eigenvalue weighted by Gasteiger charge is -2.09. The molecule has 0 aliphatic carbocycles. The zero-order valence-corrected chi connectivity index (χ0v) is 15.1. The molecule has 4 rings (SSSR count). The Morgan fingerprint density at radius 2 is 1.82 bits per heavy atom. The van der Waals surface area contributed by atoms with Crippen LogP contribution in [-0.4, -0.2) is 20.8 Å². The van der Waals surface area contributed by atoms with Crippen LogP contribution in [0.25, 0.3) is 22.4 Å². The van der Waals surface area contributed by atoms with E-state index >= 15 is 0 Å². The molecule has 28 heavy (non-hydrogen) atoms. The van der Waals surface area contributed by atoms with Crippen LogP contribution in [0, 0.1) is 10.1 Å². The number of aromatic nitrogens is 2. The van der Waals surface area contributed by atoms with Crippen LogP contribution in [0.15, 0.2) is 66.7 Å². The number of hydrogen-bond donors (Lipinski definition) is 2. The molecule has 3 aromatic carbocycles. The van der Waals surface area contributed by atoms with Gasteiger partial charge in [0.25, 0.3) is 11.6 Å². The van der Waals surface area contributed by atoms with Crippen LogP contribution in [0.5, 0.6) is 0 Å². The van der Waals surface area contributed by atoms with E-state index in [2.05, 4.69) is 15.3 Å². The van der Waals surface area contributed by atoms with E-state index in [9.17, 15) is 14.9 Å². The zero-order chi connectivity index (χ0) is 19.7. The van der Waals surface area contributed by atoms with Crippen LogP contribution in [0.4, 0.5) is 11.4 Å². The highest BCUT2D eigenvalue weighted by Gasteiger charge is 2.18. The third kappa shape index (κ3) is 3.30. The molecule has 0 aliphatic rings. The maximum atomic E-state index is 12.6. The quantitative estimate of drug-likeness (QED) is 0.375. The number of nitro benzene ring substituents is 1. The first-order chi connectivity index (χ1) is 13.5. The highest BCUT2D eigenvalue weighted by Crippen LogP contribution is 2.29. The Bertz CT molecular complexity index is 1190. The van der Waals surface area contributed by atoms with Gasteiger partial charge in [-0.1, -0.05) is 35.9 Å². The summed E-state index contributed by atoms with van der Waals surface area (Å²) >= 11 is 5.81. The highest BCUT2D eigenvalue weighted by atomic mass is 35.5. The lowest BCUT2D eigenvalue weighted by atomic mass is 10.1. The number of benzene rings is 3. The maximum Gasteiger partial charge on any atom is 0.288 e. The van der Waals surface area contributed by atoms with Crippen molar-refractivity contribution in [3.8, 4) is 11.4 Å². The van der Waals surface area contributed by atoms with Crippen molar-refractivity contribution in [2.45, 2.75) is 0 Å². The van der Waals surface area contributed by atoms with Gasteiger partial charge in [-0.2, -0.15) is 0 Å². The van der Waals surface area contributed by atoms with Gasteiger partial charge in [0.15, 0.2) is 0 Å². The predicted molar refractivity (Wildman–Crippen MR) is 108 cm³/mol. The Labute approximate surface area is 164 Å². The molecule has 0 spiro atoms. The van der Waals surface area contributed by atoms with Crippen molar-refractivity contribution in [2.75, 3.05) is 5.32 Å². The number of para-hydroxylation sites is 3. The molecule has 138 valence electrons. The van der Waals surface area contributed by atoms with E-state index in [1.54, 1.807) is 12.1 Å². The molecular formula is C20H13ClN4O3. The average molecular weight is 393 g/mol. The Balaban J connectivity index is 1.68. The molecule has 0 bridgehead atoms. The van der Waals surface area contributed by atoms with Gasteiger partial charge in [0.1, 0.15) is 10.8 Å². The summed E-state index contributed by atoms with van der Waals surface area (Å²) in [6.07, 6.45) is 0. The van der Waals surface area contributed by atoms with Crippen molar-refractivity contribution >= 4 is 39.9 Å². The molecule has 0 fully saturated rings. The lowest BCUT2D eigenvalue weighted by Crippen LogP contribution is -2.13. The number of anilines is 1. The number of H-pyrrole nitrogens is 1. The van der Waals surface area contributed by atoms with Crippen molar-refractivity contribution in [3.63, 3.8) is 0 Å². The molecule has 8 heteroatoms. The van der Waals surface area contributed by atoms with Gasteiger partial charge in [0.2, 0.25) is 0 Å². The van der Waals surface area contributed by atoms with Gasteiger partial charge >= 0.3 is 0 Å². The second-order valence-corrected chi connectivity index (χ2v) is 6.43. The second kappa shape index (κ2) is 7.13. The van der Waals surface area contributed by atoms with E-state index in [1.807, 2.05) is 36.4 Å². The van der Waals surface area contributed by atoms with Crippen LogP contribution in [-0.2, 0) is 0 Å². The van der Waals surface area contributed by atoms with Gasteiger partial charge in [-0.15, -0.1) is 0 Å². The van der Waals surface area contributed by atoms with Gasteiger partial charge < -0.3 is 10.3 Å². The summed E-state index contributed by atoms with van der Waals surface area (Å²) in [7, 11) is 0. The molecule has 4 aromatic rings. The summed E-state index contributed by atoms with van der Waals surface area (Å²) in [5, 5.41) is 13.8. The van der Waals surface area contributed by atoms with Crippen molar-refractivity contribution in [1.29, 1.82) is 0 Å². The summed E-state index contributed by atoms with van der Waals surface area (Å²) in [6, 6.07) is 18.7. The third-order valence-corrected chi connectivity index (χ3v) is 4.54. The van der Waals surface area contributed by atoms with E-state index in [-0.39, 0.29) is 16.3 Å². The summed E-state index contributed by atoms with van der Waals surface area (Å²) in [4.78, 5) is 30.9. The number of carbonyl (C=O) groups excluding carboxylic acids is 1. The normalized spacial score (nSPS) is 10.8.